The molecule has 1 heterocycles. The van der Waals surface area contributed by atoms with Crippen molar-refractivity contribution in [2.75, 3.05) is 0 Å². The van der Waals surface area contributed by atoms with E-state index in [0.29, 0.717) is 11.4 Å². The molecule has 0 saturated carbocycles. The largest absolute Gasteiger partial charge is 0.247 e. The van der Waals surface area contributed by atoms with Gasteiger partial charge in [-0.15, -0.1) is 0 Å². The predicted octanol–water partition coefficient (Wildman–Crippen LogP) is 1.50. The summed E-state index contributed by atoms with van der Waals surface area (Å²) in [7, 11) is 0. The minimum absolute atomic E-state index is 0.523. The van der Waals surface area contributed by atoms with Crippen LogP contribution in [0.3, 0.4) is 0 Å². The molecule has 1 aromatic heterocycles. The molecule has 4 heteroatoms. The highest BCUT2D eigenvalue weighted by atomic mass is 15.3. The van der Waals surface area contributed by atoms with E-state index in [-0.39, 0.29) is 0 Å². The number of nitriles is 1. The minimum atomic E-state index is 0.523. The average molecular weight is 162 g/mol. The maximum absolute atomic E-state index is 8.68. The lowest BCUT2D eigenvalue weighted by Gasteiger charge is -1.97. The molecule has 1 rings (SSSR count). The second kappa shape index (κ2) is 3.67. The molecule has 0 bridgehead atoms. The summed E-state index contributed by atoms with van der Waals surface area (Å²) in [6, 6.07) is 2.04. The first kappa shape index (κ1) is 8.47. The van der Waals surface area contributed by atoms with E-state index in [1.807, 2.05) is 19.9 Å². The molecule has 0 aliphatic heterocycles. The summed E-state index contributed by atoms with van der Waals surface area (Å²) in [6.45, 7) is 4.51. The van der Waals surface area contributed by atoms with Gasteiger partial charge in [0.1, 0.15) is 11.6 Å². The molecular formula is C8H10N4. The van der Waals surface area contributed by atoms with Gasteiger partial charge >= 0.3 is 0 Å². The standard InChI is InChI=1S/C8H10N4/c1-3-10-8-7(5-9)6-11-12(8)4-2/h3,6H,4H2,1-2H3. The molecule has 0 spiro atoms. The van der Waals surface area contributed by atoms with E-state index in [2.05, 4.69) is 10.1 Å². The van der Waals surface area contributed by atoms with Crippen LogP contribution in [0.1, 0.15) is 19.4 Å². The lowest BCUT2D eigenvalue weighted by molar-refractivity contribution is 0.664. The third-order valence-electron chi connectivity index (χ3n) is 1.48. The molecule has 62 valence electrons. The van der Waals surface area contributed by atoms with Crippen LogP contribution < -0.4 is 0 Å². The molecule has 0 aliphatic rings. The number of hydrogen-bond donors (Lipinski definition) is 0. The highest BCUT2D eigenvalue weighted by molar-refractivity contribution is 5.62. The number of aliphatic imine (C=N–C) groups is 1. The van der Waals surface area contributed by atoms with Crippen molar-refractivity contribution < 1.29 is 0 Å². The van der Waals surface area contributed by atoms with E-state index in [0.717, 1.165) is 6.54 Å². The average Bonchev–Trinajstić information content (AvgIpc) is 2.48. The molecule has 4 nitrogen and oxygen atoms in total. The molecule has 0 aliphatic carbocycles. The van der Waals surface area contributed by atoms with Crippen LogP contribution in [0.5, 0.6) is 0 Å². The Labute approximate surface area is 71.2 Å². The van der Waals surface area contributed by atoms with Crippen LogP contribution in [0.4, 0.5) is 5.82 Å². The van der Waals surface area contributed by atoms with E-state index >= 15 is 0 Å². The van der Waals surface area contributed by atoms with Gasteiger partial charge in [0.15, 0.2) is 5.82 Å². The topological polar surface area (TPSA) is 54.0 Å². The zero-order valence-corrected chi connectivity index (χ0v) is 7.15. The lowest BCUT2D eigenvalue weighted by Crippen LogP contribution is -1.94. The van der Waals surface area contributed by atoms with Crippen molar-refractivity contribution in [2.45, 2.75) is 20.4 Å². The van der Waals surface area contributed by atoms with Gasteiger partial charge in [0, 0.05) is 12.8 Å². The van der Waals surface area contributed by atoms with Gasteiger partial charge in [-0.25, -0.2) is 9.67 Å². The zero-order chi connectivity index (χ0) is 8.97. The summed E-state index contributed by atoms with van der Waals surface area (Å²) in [5.74, 6) is 0.641. The Kier molecular flexibility index (Phi) is 2.59. The first-order chi connectivity index (χ1) is 5.83. The van der Waals surface area contributed by atoms with Crippen LogP contribution in [0.25, 0.3) is 0 Å². The Balaban J connectivity index is 3.18. The molecule has 1 aromatic rings. The van der Waals surface area contributed by atoms with Crippen molar-refractivity contribution >= 4 is 12.0 Å². The molecule has 0 N–H and O–H groups in total. The van der Waals surface area contributed by atoms with Crippen LogP contribution in [-0.4, -0.2) is 16.0 Å². The van der Waals surface area contributed by atoms with Crippen molar-refractivity contribution in [1.82, 2.24) is 9.78 Å². The van der Waals surface area contributed by atoms with Crippen LogP contribution >= 0.6 is 0 Å². The first-order valence-corrected chi connectivity index (χ1v) is 3.78. The van der Waals surface area contributed by atoms with E-state index < -0.39 is 0 Å². The van der Waals surface area contributed by atoms with Crippen molar-refractivity contribution in [3.8, 4) is 6.07 Å². The summed E-state index contributed by atoms with van der Waals surface area (Å²) in [5, 5.41) is 12.7. The van der Waals surface area contributed by atoms with Crippen molar-refractivity contribution in [1.29, 1.82) is 5.26 Å². The second-order valence-corrected chi connectivity index (χ2v) is 2.20. The Hall–Kier alpha value is -1.63. The zero-order valence-electron chi connectivity index (χ0n) is 7.15. The molecule has 0 amide bonds. The maximum atomic E-state index is 8.68. The van der Waals surface area contributed by atoms with Crippen molar-refractivity contribution in [2.24, 2.45) is 4.99 Å². The molecule has 0 aromatic carbocycles. The quantitative estimate of drug-likeness (QED) is 0.619. The highest BCUT2D eigenvalue weighted by Gasteiger charge is 2.05. The Morgan fingerprint density at radius 3 is 3.08 bits per heavy atom. The number of aromatic nitrogens is 2. The molecule has 0 unspecified atom stereocenters. The normalized spacial score (nSPS) is 10.4. The minimum Gasteiger partial charge on any atom is -0.247 e. The van der Waals surface area contributed by atoms with Gasteiger partial charge in [0.2, 0.25) is 0 Å². The van der Waals surface area contributed by atoms with Gasteiger partial charge in [-0.2, -0.15) is 10.4 Å². The fourth-order valence-corrected chi connectivity index (χ4v) is 0.948. The second-order valence-electron chi connectivity index (χ2n) is 2.20. The lowest BCUT2D eigenvalue weighted by atomic mass is 10.4. The summed E-state index contributed by atoms with van der Waals surface area (Å²) in [6.07, 6.45) is 3.19. The van der Waals surface area contributed by atoms with Crippen molar-refractivity contribution in [3.63, 3.8) is 0 Å². The Bertz CT molecular complexity index is 329. The Morgan fingerprint density at radius 1 is 1.83 bits per heavy atom. The van der Waals surface area contributed by atoms with Crippen LogP contribution in [0, 0.1) is 11.3 Å². The third-order valence-corrected chi connectivity index (χ3v) is 1.48. The summed E-state index contributed by atoms with van der Waals surface area (Å²) in [5.41, 5.74) is 0.523. The number of rotatable bonds is 2. The van der Waals surface area contributed by atoms with Gasteiger partial charge < -0.3 is 0 Å². The van der Waals surface area contributed by atoms with Gasteiger partial charge in [-0.3, -0.25) is 0 Å². The monoisotopic (exact) mass is 162 g/mol. The van der Waals surface area contributed by atoms with E-state index in [9.17, 15) is 0 Å². The van der Waals surface area contributed by atoms with Gasteiger partial charge in [0.25, 0.3) is 0 Å². The fraction of sp³-hybridized carbons (Fsp3) is 0.375. The Morgan fingerprint density at radius 2 is 2.58 bits per heavy atom. The number of hydrogen-bond acceptors (Lipinski definition) is 3. The van der Waals surface area contributed by atoms with Crippen LogP contribution in [0.2, 0.25) is 0 Å². The van der Waals surface area contributed by atoms with Gasteiger partial charge in [0.05, 0.1) is 6.20 Å². The van der Waals surface area contributed by atoms with Crippen LogP contribution in [0.15, 0.2) is 11.2 Å². The predicted molar refractivity (Wildman–Crippen MR) is 46.4 cm³/mol. The molecule has 0 radical (unpaired) electrons. The molecule has 0 saturated heterocycles. The highest BCUT2D eigenvalue weighted by Crippen LogP contribution is 2.16. The summed E-state index contributed by atoms with van der Waals surface area (Å²) < 4.78 is 1.69. The van der Waals surface area contributed by atoms with E-state index in [4.69, 9.17) is 5.26 Å². The van der Waals surface area contributed by atoms with Crippen molar-refractivity contribution in [3.05, 3.63) is 11.8 Å². The summed E-state index contributed by atoms with van der Waals surface area (Å²) >= 11 is 0. The fourth-order valence-electron chi connectivity index (χ4n) is 0.948. The van der Waals surface area contributed by atoms with Crippen LogP contribution in [-0.2, 0) is 6.54 Å². The van der Waals surface area contributed by atoms with E-state index in [1.165, 1.54) is 6.20 Å². The number of nitrogens with zero attached hydrogens (tertiary/aromatic N) is 4. The smallest absolute Gasteiger partial charge is 0.168 e. The maximum Gasteiger partial charge on any atom is 0.168 e. The third kappa shape index (κ3) is 1.35. The van der Waals surface area contributed by atoms with Gasteiger partial charge in [-0.05, 0) is 13.8 Å². The molecular weight excluding hydrogens is 152 g/mol. The van der Waals surface area contributed by atoms with Gasteiger partial charge in [-0.1, -0.05) is 0 Å². The summed E-state index contributed by atoms with van der Waals surface area (Å²) in [4.78, 5) is 4.06. The number of aryl methyl sites for hydroxylation is 1. The first-order valence-electron chi connectivity index (χ1n) is 3.78. The molecule has 0 fully saturated rings. The molecule has 0 atom stereocenters. The SMILES string of the molecule is CC=Nc1c(C#N)cnn1CC. The van der Waals surface area contributed by atoms with E-state index in [1.54, 1.807) is 10.9 Å². The molecule has 12 heavy (non-hydrogen) atoms.